The topological polar surface area (TPSA) is 64.6 Å². The zero-order chi connectivity index (χ0) is 15.7. The fourth-order valence-corrected chi connectivity index (χ4v) is 3.34. The summed E-state index contributed by atoms with van der Waals surface area (Å²) in [6.07, 6.45) is 0. The number of hydrogen-bond acceptors (Lipinski definition) is 4. The predicted octanol–water partition coefficient (Wildman–Crippen LogP) is 2.86. The van der Waals surface area contributed by atoms with Crippen LogP contribution in [0.2, 0.25) is 5.02 Å². The van der Waals surface area contributed by atoms with E-state index in [1.165, 1.54) is 12.1 Å². The van der Waals surface area contributed by atoms with Crippen molar-refractivity contribution in [2.45, 2.75) is 18.4 Å². The van der Waals surface area contributed by atoms with Gasteiger partial charge in [-0.15, -0.1) is 0 Å². The number of benzene rings is 2. The molecule has 1 aliphatic heterocycles. The van der Waals surface area contributed by atoms with E-state index < -0.39 is 10.0 Å². The van der Waals surface area contributed by atoms with Crippen LogP contribution in [-0.4, -0.2) is 15.2 Å². The Morgan fingerprint density at radius 3 is 2.68 bits per heavy atom. The summed E-state index contributed by atoms with van der Waals surface area (Å²) in [6, 6.07) is 9.96. The van der Waals surface area contributed by atoms with E-state index in [4.69, 9.17) is 21.1 Å². The number of fused-ring (bicyclic) bond motifs is 1. The predicted molar refractivity (Wildman–Crippen MR) is 82.8 cm³/mol. The smallest absolute Gasteiger partial charge is 0.240 e. The molecule has 0 aromatic heterocycles. The third-order valence-electron chi connectivity index (χ3n) is 3.36. The molecule has 0 amide bonds. The molecular weight excluding hydrogens is 326 g/mol. The maximum atomic E-state index is 12.3. The van der Waals surface area contributed by atoms with E-state index in [9.17, 15) is 8.42 Å². The van der Waals surface area contributed by atoms with Crippen molar-refractivity contribution in [3.05, 3.63) is 52.5 Å². The second kappa shape index (κ2) is 5.79. The Hall–Kier alpha value is -1.76. The zero-order valence-electron chi connectivity index (χ0n) is 11.8. The van der Waals surface area contributed by atoms with E-state index >= 15 is 0 Å². The number of sulfonamides is 1. The number of nitrogens with one attached hydrogen (secondary N) is 1. The van der Waals surface area contributed by atoms with E-state index in [1.807, 2.05) is 6.92 Å². The highest BCUT2D eigenvalue weighted by Gasteiger charge is 2.17. The van der Waals surface area contributed by atoms with Crippen LogP contribution < -0.4 is 14.2 Å². The van der Waals surface area contributed by atoms with Gasteiger partial charge < -0.3 is 9.47 Å². The lowest BCUT2D eigenvalue weighted by Crippen LogP contribution is -2.23. The number of aryl methyl sites for hydroxylation is 1. The van der Waals surface area contributed by atoms with Crippen LogP contribution in [0.5, 0.6) is 11.5 Å². The second-order valence-corrected chi connectivity index (χ2v) is 7.10. The number of rotatable bonds is 4. The molecule has 5 nitrogen and oxygen atoms in total. The minimum Gasteiger partial charge on any atom is -0.454 e. The lowest BCUT2D eigenvalue weighted by molar-refractivity contribution is 0.174. The molecule has 0 fully saturated rings. The maximum Gasteiger partial charge on any atom is 0.240 e. The van der Waals surface area contributed by atoms with Crippen LogP contribution in [0.4, 0.5) is 0 Å². The minimum atomic E-state index is -3.62. The highest BCUT2D eigenvalue weighted by Crippen LogP contribution is 2.32. The molecule has 0 saturated carbocycles. The van der Waals surface area contributed by atoms with Gasteiger partial charge in [-0.2, -0.15) is 0 Å². The van der Waals surface area contributed by atoms with Crippen molar-refractivity contribution in [3.8, 4) is 11.5 Å². The zero-order valence-corrected chi connectivity index (χ0v) is 13.4. The molecule has 1 N–H and O–H groups in total. The third-order valence-corrected chi connectivity index (χ3v) is 5.16. The highest BCUT2D eigenvalue weighted by molar-refractivity contribution is 7.89. The molecule has 1 heterocycles. The largest absolute Gasteiger partial charge is 0.454 e. The summed E-state index contributed by atoms with van der Waals surface area (Å²) in [7, 11) is -3.62. The van der Waals surface area contributed by atoms with E-state index in [0.29, 0.717) is 16.5 Å². The Balaban J connectivity index is 1.76. The molecule has 22 heavy (non-hydrogen) atoms. The molecule has 0 radical (unpaired) electrons. The molecule has 3 rings (SSSR count). The second-order valence-electron chi connectivity index (χ2n) is 4.92. The molecule has 0 unspecified atom stereocenters. The Kier molecular flexibility index (Phi) is 3.99. The summed E-state index contributed by atoms with van der Waals surface area (Å²) in [5, 5.41) is 0.422. The van der Waals surface area contributed by atoms with Gasteiger partial charge in [-0.05, 0) is 42.3 Å². The van der Waals surface area contributed by atoms with Crippen molar-refractivity contribution in [1.82, 2.24) is 4.72 Å². The van der Waals surface area contributed by atoms with Crippen LogP contribution in [0.3, 0.4) is 0 Å². The quantitative estimate of drug-likeness (QED) is 0.930. The van der Waals surface area contributed by atoms with Crippen molar-refractivity contribution in [3.63, 3.8) is 0 Å². The Bertz CT molecular complexity index is 820. The molecule has 0 spiro atoms. The Morgan fingerprint density at radius 2 is 1.91 bits per heavy atom. The van der Waals surface area contributed by atoms with E-state index in [-0.39, 0.29) is 18.2 Å². The summed E-state index contributed by atoms with van der Waals surface area (Å²) in [6.45, 7) is 2.16. The first-order valence-electron chi connectivity index (χ1n) is 6.60. The SMILES string of the molecule is Cc1ccc(S(=O)(=O)NCc2ccc3c(c2)OCO3)cc1Cl. The Labute approximate surface area is 133 Å². The molecule has 0 atom stereocenters. The Morgan fingerprint density at radius 1 is 1.14 bits per heavy atom. The lowest BCUT2D eigenvalue weighted by Gasteiger charge is -2.08. The summed E-state index contributed by atoms with van der Waals surface area (Å²) in [5.74, 6) is 1.28. The van der Waals surface area contributed by atoms with Gasteiger partial charge in [0.05, 0.1) is 4.90 Å². The minimum absolute atomic E-state index is 0.142. The van der Waals surface area contributed by atoms with Gasteiger partial charge in [-0.25, -0.2) is 13.1 Å². The molecule has 7 heteroatoms. The molecule has 0 aliphatic carbocycles. The van der Waals surface area contributed by atoms with Gasteiger partial charge in [0.25, 0.3) is 0 Å². The summed E-state index contributed by atoms with van der Waals surface area (Å²) < 4.78 is 37.6. The van der Waals surface area contributed by atoms with Crippen molar-refractivity contribution in [2.24, 2.45) is 0 Å². The first-order valence-corrected chi connectivity index (χ1v) is 8.46. The van der Waals surface area contributed by atoms with Crippen LogP contribution in [0.15, 0.2) is 41.3 Å². The molecule has 0 saturated heterocycles. The number of ether oxygens (including phenoxy) is 2. The fourth-order valence-electron chi connectivity index (χ4n) is 2.05. The average Bonchev–Trinajstić information content (AvgIpc) is 2.95. The normalized spacial score (nSPS) is 13.4. The van der Waals surface area contributed by atoms with Gasteiger partial charge in [0.2, 0.25) is 16.8 Å². The van der Waals surface area contributed by atoms with E-state index in [2.05, 4.69) is 4.72 Å². The molecule has 0 bridgehead atoms. The lowest BCUT2D eigenvalue weighted by atomic mass is 10.2. The molecular formula is C15H14ClNO4S. The van der Waals surface area contributed by atoms with Gasteiger partial charge in [-0.3, -0.25) is 0 Å². The monoisotopic (exact) mass is 339 g/mol. The molecule has 1 aliphatic rings. The number of halogens is 1. The fraction of sp³-hybridized carbons (Fsp3) is 0.200. The summed E-state index contributed by atoms with van der Waals surface area (Å²) >= 11 is 5.98. The van der Waals surface area contributed by atoms with Crippen molar-refractivity contribution in [2.75, 3.05) is 6.79 Å². The van der Waals surface area contributed by atoms with Crippen LogP contribution >= 0.6 is 11.6 Å². The summed E-state index contributed by atoms with van der Waals surface area (Å²) in [5.41, 5.74) is 1.61. The summed E-state index contributed by atoms with van der Waals surface area (Å²) in [4.78, 5) is 0.142. The third kappa shape index (κ3) is 3.04. The van der Waals surface area contributed by atoms with Gasteiger partial charge in [0.15, 0.2) is 11.5 Å². The van der Waals surface area contributed by atoms with Crippen molar-refractivity contribution in [1.29, 1.82) is 0 Å². The van der Waals surface area contributed by atoms with E-state index in [0.717, 1.165) is 11.1 Å². The molecule has 2 aromatic rings. The molecule has 116 valence electrons. The van der Waals surface area contributed by atoms with E-state index in [1.54, 1.807) is 24.3 Å². The van der Waals surface area contributed by atoms with Gasteiger partial charge in [0.1, 0.15) is 0 Å². The van der Waals surface area contributed by atoms with Crippen LogP contribution in [0.1, 0.15) is 11.1 Å². The first kappa shape index (κ1) is 15.1. The standard InChI is InChI=1S/C15H14ClNO4S/c1-10-2-4-12(7-13(10)16)22(18,19)17-8-11-3-5-14-15(6-11)21-9-20-14/h2-7,17H,8-9H2,1H3. The van der Waals surface area contributed by atoms with Crippen LogP contribution in [0, 0.1) is 6.92 Å². The first-order chi connectivity index (χ1) is 10.5. The average molecular weight is 340 g/mol. The van der Waals surface area contributed by atoms with Crippen LogP contribution in [0.25, 0.3) is 0 Å². The highest BCUT2D eigenvalue weighted by atomic mass is 35.5. The van der Waals surface area contributed by atoms with Crippen LogP contribution in [-0.2, 0) is 16.6 Å². The van der Waals surface area contributed by atoms with Gasteiger partial charge >= 0.3 is 0 Å². The van der Waals surface area contributed by atoms with Gasteiger partial charge in [-0.1, -0.05) is 23.7 Å². The van der Waals surface area contributed by atoms with Crippen molar-refractivity contribution >= 4 is 21.6 Å². The number of hydrogen-bond donors (Lipinski definition) is 1. The molecule has 2 aromatic carbocycles. The van der Waals surface area contributed by atoms with Gasteiger partial charge in [0, 0.05) is 11.6 Å². The maximum absolute atomic E-state index is 12.3. The van der Waals surface area contributed by atoms with Crippen molar-refractivity contribution < 1.29 is 17.9 Å².